The number of allylic oxidation sites excluding steroid dienone is 2. The van der Waals surface area contributed by atoms with Gasteiger partial charge < -0.3 is 4.90 Å². The molecule has 0 aromatic heterocycles. The summed E-state index contributed by atoms with van der Waals surface area (Å²) in [7, 11) is 2.25. The highest BCUT2D eigenvalue weighted by Gasteiger charge is 1.99. The fourth-order valence-corrected chi connectivity index (χ4v) is 2.88. The van der Waals surface area contributed by atoms with Crippen LogP contribution in [-0.4, -0.2) is 25.0 Å². The second kappa shape index (κ2) is 13.7. The van der Waals surface area contributed by atoms with Crippen molar-refractivity contribution in [3.05, 3.63) is 11.6 Å². The van der Waals surface area contributed by atoms with Gasteiger partial charge in [0.2, 0.25) is 0 Å². The first kappa shape index (κ1) is 19.7. The third kappa shape index (κ3) is 14.1. The van der Waals surface area contributed by atoms with E-state index < -0.39 is 0 Å². The van der Waals surface area contributed by atoms with Crippen LogP contribution in [0, 0.1) is 5.92 Å². The van der Waals surface area contributed by atoms with Gasteiger partial charge in [-0.15, -0.1) is 0 Å². The van der Waals surface area contributed by atoms with Gasteiger partial charge in [-0.1, -0.05) is 64.0 Å². The van der Waals surface area contributed by atoms with Crippen LogP contribution in [0.25, 0.3) is 0 Å². The van der Waals surface area contributed by atoms with Gasteiger partial charge in [-0.25, -0.2) is 0 Å². The predicted octanol–water partition coefficient (Wildman–Crippen LogP) is 6.05. The second-order valence-electron chi connectivity index (χ2n) is 6.79. The van der Waals surface area contributed by atoms with Crippen molar-refractivity contribution in [3.8, 4) is 0 Å². The molecule has 0 spiro atoms. The molecule has 0 aromatic carbocycles. The smallest absolute Gasteiger partial charge is 0.00218 e. The second-order valence-corrected chi connectivity index (χ2v) is 6.79. The van der Waals surface area contributed by atoms with E-state index in [4.69, 9.17) is 0 Å². The molecule has 0 aliphatic rings. The zero-order valence-electron chi connectivity index (χ0n) is 14.9. The van der Waals surface area contributed by atoms with E-state index in [1.165, 1.54) is 76.5 Å². The van der Waals surface area contributed by atoms with Crippen LogP contribution in [0.15, 0.2) is 11.6 Å². The summed E-state index contributed by atoms with van der Waals surface area (Å²) in [5.74, 6) is 0.772. The van der Waals surface area contributed by atoms with Gasteiger partial charge in [0.05, 0.1) is 0 Å². The molecule has 0 heterocycles. The maximum atomic E-state index is 2.46. The van der Waals surface area contributed by atoms with Crippen LogP contribution in [0.2, 0.25) is 0 Å². The summed E-state index contributed by atoms with van der Waals surface area (Å²) in [6.45, 7) is 11.6. The highest BCUT2D eigenvalue weighted by Crippen LogP contribution is 2.14. The number of unbranched alkanes of at least 4 members (excludes halogenated alkanes) is 6. The first-order chi connectivity index (χ1) is 9.56. The van der Waals surface area contributed by atoms with Crippen LogP contribution in [0.5, 0.6) is 0 Å². The number of hydrogen-bond donors (Lipinski definition) is 0. The average Bonchev–Trinajstić information content (AvgIpc) is 2.36. The van der Waals surface area contributed by atoms with Crippen molar-refractivity contribution >= 4 is 0 Å². The van der Waals surface area contributed by atoms with Crippen LogP contribution in [0.1, 0.15) is 85.5 Å². The molecule has 0 saturated carbocycles. The minimum absolute atomic E-state index is 0.772. The van der Waals surface area contributed by atoms with Crippen molar-refractivity contribution in [2.24, 2.45) is 5.92 Å². The zero-order chi connectivity index (χ0) is 15.2. The predicted molar refractivity (Wildman–Crippen MR) is 93.3 cm³/mol. The molecule has 1 nitrogen and oxygen atoms in total. The third-order valence-corrected chi connectivity index (χ3v) is 3.92. The van der Waals surface area contributed by atoms with Gasteiger partial charge in [0.25, 0.3) is 0 Å². The molecular weight excluding hydrogens is 242 g/mol. The van der Waals surface area contributed by atoms with Gasteiger partial charge in [-0.05, 0) is 59.2 Å². The van der Waals surface area contributed by atoms with E-state index in [1.807, 2.05) is 0 Å². The topological polar surface area (TPSA) is 3.24 Å². The maximum Gasteiger partial charge on any atom is -0.00218 e. The van der Waals surface area contributed by atoms with Crippen LogP contribution in [0.4, 0.5) is 0 Å². The molecule has 0 saturated heterocycles. The molecule has 0 aromatic rings. The molecule has 0 rings (SSSR count). The summed E-state index contributed by atoms with van der Waals surface area (Å²) in [4.78, 5) is 2.46. The summed E-state index contributed by atoms with van der Waals surface area (Å²) < 4.78 is 0. The van der Waals surface area contributed by atoms with Gasteiger partial charge >= 0.3 is 0 Å². The molecule has 0 amide bonds. The Hall–Kier alpha value is -0.300. The van der Waals surface area contributed by atoms with Crippen molar-refractivity contribution in [2.45, 2.75) is 85.5 Å². The SMILES string of the molecule is CCCN(C)CCCCCCCCCC(C)C=C(C)C. The summed E-state index contributed by atoms with van der Waals surface area (Å²) in [5, 5.41) is 0. The van der Waals surface area contributed by atoms with E-state index in [9.17, 15) is 0 Å². The Balaban J connectivity index is 3.23. The minimum Gasteiger partial charge on any atom is -0.306 e. The zero-order valence-corrected chi connectivity index (χ0v) is 14.9. The molecule has 0 radical (unpaired) electrons. The van der Waals surface area contributed by atoms with Crippen LogP contribution >= 0.6 is 0 Å². The Morgan fingerprint density at radius 3 is 2.00 bits per heavy atom. The van der Waals surface area contributed by atoms with Crippen LogP contribution in [-0.2, 0) is 0 Å². The van der Waals surface area contributed by atoms with Gasteiger partial charge in [0.15, 0.2) is 0 Å². The Morgan fingerprint density at radius 1 is 0.900 bits per heavy atom. The molecule has 1 heteroatoms. The van der Waals surface area contributed by atoms with Crippen molar-refractivity contribution < 1.29 is 0 Å². The minimum atomic E-state index is 0.772. The Bertz CT molecular complexity index is 228. The Labute approximate surface area is 128 Å². The molecule has 120 valence electrons. The molecule has 0 fully saturated rings. The number of rotatable bonds is 13. The highest BCUT2D eigenvalue weighted by atomic mass is 15.1. The lowest BCUT2D eigenvalue weighted by Crippen LogP contribution is -2.20. The summed E-state index contributed by atoms with van der Waals surface area (Å²) in [6, 6.07) is 0. The van der Waals surface area contributed by atoms with Gasteiger partial charge in [0.1, 0.15) is 0 Å². The Kier molecular flexibility index (Phi) is 13.5. The van der Waals surface area contributed by atoms with Crippen molar-refractivity contribution in [2.75, 3.05) is 20.1 Å². The molecule has 20 heavy (non-hydrogen) atoms. The lowest BCUT2D eigenvalue weighted by atomic mass is 10.00. The molecular formula is C19H39N. The summed E-state index contributed by atoms with van der Waals surface area (Å²) >= 11 is 0. The van der Waals surface area contributed by atoms with Crippen molar-refractivity contribution in [1.29, 1.82) is 0 Å². The lowest BCUT2D eigenvalue weighted by molar-refractivity contribution is 0.324. The van der Waals surface area contributed by atoms with E-state index >= 15 is 0 Å². The van der Waals surface area contributed by atoms with Crippen molar-refractivity contribution in [3.63, 3.8) is 0 Å². The summed E-state index contributed by atoms with van der Waals surface area (Å²) in [6.07, 6.45) is 15.0. The highest BCUT2D eigenvalue weighted by molar-refractivity contribution is 4.95. The summed E-state index contributed by atoms with van der Waals surface area (Å²) in [5.41, 5.74) is 1.46. The molecule has 0 N–H and O–H groups in total. The number of nitrogens with zero attached hydrogens (tertiary/aromatic N) is 1. The van der Waals surface area contributed by atoms with E-state index in [2.05, 4.69) is 45.7 Å². The maximum absolute atomic E-state index is 2.46. The van der Waals surface area contributed by atoms with Gasteiger partial charge in [-0.2, -0.15) is 0 Å². The van der Waals surface area contributed by atoms with E-state index in [0.717, 1.165) is 5.92 Å². The largest absolute Gasteiger partial charge is 0.306 e. The first-order valence-electron chi connectivity index (χ1n) is 8.89. The molecule has 0 bridgehead atoms. The molecule has 0 aliphatic heterocycles. The van der Waals surface area contributed by atoms with Gasteiger partial charge in [-0.3, -0.25) is 0 Å². The first-order valence-corrected chi connectivity index (χ1v) is 8.89. The van der Waals surface area contributed by atoms with Crippen LogP contribution < -0.4 is 0 Å². The standard InChI is InChI=1S/C19H39N/c1-6-15-20(5)16-13-11-9-7-8-10-12-14-19(4)17-18(2)3/h17,19H,6-16H2,1-5H3. The van der Waals surface area contributed by atoms with E-state index in [1.54, 1.807) is 0 Å². The van der Waals surface area contributed by atoms with E-state index in [0.29, 0.717) is 0 Å². The fraction of sp³-hybridized carbons (Fsp3) is 0.895. The molecule has 1 atom stereocenters. The Morgan fingerprint density at radius 2 is 1.45 bits per heavy atom. The monoisotopic (exact) mass is 281 g/mol. The normalized spacial score (nSPS) is 12.7. The van der Waals surface area contributed by atoms with Gasteiger partial charge in [0, 0.05) is 0 Å². The lowest BCUT2D eigenvalue weighted by Gasteiger charge is -2.14. The quantitative estimate of drug-likeness (QED) is 0.293. The number of hydrogen-bond acceptors (Lipinski definition) is 1. The molecule has 0 aliphatic carbocycles. The van der Waals surface area contributed by atoms with Crippen molar-refractivity contribution in [1.82, 2.24) is 4.90 Å². The van der Waals surface area contributed by atoms with E-state index in [-0.39, 0.29) is 0 Å². The van der Waals surface area contributed by atoms with Crippen LogP contribution in [0.3, 0.4) is 0 Å². The molecule has 1 unspecified atom stereocenters. The average molecular weight is 282 g/mol. The third-order valence-electron chi connectivity index (χ3n) is 3.92. The fourth-order valence-electron chi connectivity index (χ4n) is 2.88.